The van der Waals surface area contributed by atoms with Crippen LogP contribution < -0.4 is 4.90 Å². The Kier molecular flexibility index (Phi) is 4.71. The minimum Gasteiger partial charge on any atom is -0.464 e. The molecule has 0 bridgehead atoms. The van der Waals surface area contributed by atoms with Gasteiger partial charge in [0.1, 0.15) is 17.3 Å². The van der Waals surface area contributed by atoms with Gasteiger partial charge in [-0.2, -0.15) is 0 Å². The molecule has 4 heteroatoms. The molecule has 2 aromatic heterocycles. The van der Waals surface area contributed by atoms with Crippen LogP contribution in [0, 0.1) is 6.92 Å². The Bertz CT molecular complexity index is 578. The summed E-state index contributed by atoms with van der Waals surface area (Å²) in [6.07, 6.45) is 0. The summed E-state index contributed by atoms with van der Waals surface area (Å²) in [6.45, 7) is 6.93. The zero-order valence-corrected chi connectivity index (χ0v) is 13.2. The van der Waals surface area contributed by atoms with Crippen LogP contribution in [0.15, 0.2) is 28.7 Å². The van der Waals surface area contributed by atoms with E-state index in [1.807, 2.05) is 32.2 Å². The van der Waals surface area contributed by atoms with Crippen molar-refractivity contribution in [2.45, 2.75) is 39.1 Å². The summed E-state index contributed by atoms with van der Waals surface area (Å²) in [5.74, 6) is 3.69. The highest BCUT2D eigenvalue weighted by Gasteiger charge is 2.11. The lowest BCUT2D eigenvalue weighted by atomic mass is 10.1. The van der Waals surface area contributed by atoms with E-state index in [1.54, 1.807) is 0 Å². The van der Waals surface area contributed by atoms with Gasteiger partial charge in [0.15, 0.2) is 0 Å². The SMILES string of the molecule is Cc1ccc(CN(C)c2cc(CCl)cc(C(C)C)n2)o1. The predicted molar refractivity (Wildman–Crippen MR) is 83.4 cm³/mol. The molecule has 2 aromatic rings. The molecule has 0 aromatic carbocycles. The van der Waals surface area contributed by atoms with Gasteiger partial charge in [0, 0.05) is 18.6 Å². The first-order chi connectivity index (χ1) is 9.49. The maximum absolute atomic E-state index is 5.98. The quantitative estimate of drug-likeness (QED) is 0.761. The van der Waals surface area contributed by atoms with Crippen LogP contribution in [0.4, 0.5) is 5.82 Å². The number of pyridine rings is 1. The average Bonchev–Trinajstić information content (AvgIpc) is 2.83. The molecule has 0 aliphatic carbocycles. The lowest BCUT2D eigenvalue weighted by Crippen LogP contribution is -2.18. The molecule has 0 aliphatic rings. The Hall–Kier alpha value is -1.48. The zero-order valence-electron chi connectivity index (χ0n) is 12.5. The third-order valence-electron chi connectivity index (χ3n) is 3.22. The number of hydrogen-bond acceptors (Lipinski definition) is 3. The molecule has 0 N–H and O–H groups in total. The number of hydrogen-bond donors (Lipinski definition) is 0. The van der Waals surface area contributed by atoms with Crippen molar-refractivity contribution in [2.75, 3.05) is 11.9 Å². The van der Waals surface area contributed by atoms with Crippen LogP contribution in [0.1, 0.15) is 42.5 Å². The van der Waals surface area contributed by atoms with Crippen molar-refractivity contribution in [2.24, 2.45) is 0 Å². The molecule has 0 fully saturated rings. The van der Waals surface area contributed by atoms with E-state index >= 15 is 0 Å². The minimum absolute atomic E-state index is 0.385. The van der Waals surface area contributed by atoms with Crippen LogP contribution in [0.5, 0.6) is 0 Å². The number of aryl methyl sites for hydroxylation is 1. The van der Waals surface area contributed by atoms with Crippen molar-refractivity contribution in [3.8, 4) is 0 Å². The summed E-state index contributed by atoms with van der Waals surface area (Å²) in [7, 11) is 2.02. The van der Waals surface area contributed by atoms with Crippen LogP contribution in [0.25, 0.3) is 0 Å². The summed E-state index contributed by atoms with van der Waals surface area (Å²) in [4.78, 5) is 6.79. The van der Waals surface area contributed by atoms with Gasteiger partial charge in [-0.15, -0.1) is 11.6 Å². The Morgan fingerprint density at radius 2 is 2.05 bits per heavy atom. The van der Waals surface area contributed by atoms with E-state index in [0.29, 0.717) is 18.3 Å². The molecule has 0 unspecified atom stereocenters. The van der Waals surface area contributed by atoms with E-state index in [-0.39, 0.29) is 0 Å². The van der Waals surface area contributed by atoms with Crippen molar-refractivity contribution < 1.29 is 4.42 Å². The first kappa shape index (κ1) is 14.9. The van der Waals surface area contributed by atoms with Gasteiger partial charge in [0.05, 0.1) is 6.54 Å². The van der Waals surface area contributed by atoms with Gasteiger partial charge in [-0.05, 0) is 42.7 Å². The molecule has 2 rings (SSSR count). The van der Waals surface area contributed by atoms with Gasteiger partial charge >= 0.3 is 0 Å². The average molecular weight is 293 g/mol. The Morgan fingerprint density at radius 1 is 1.30 bits per heavy atom. The third-order valence-corrected chi connectivity index (χ3v) is 3.53. The molecule has 0 saturated carbocycles. The highest BCUT2D eigenvalue weighted by Crippen LogP contribution is 2.22. The number of anilines is 1. The maximum Gasteiger partial charge on any atom is 0.129 e. The fourth-order valence-electron chi connectivity index (χ4n) is 2.05. The van der Waals surface area contributed by atoms with Crippen LogP contribution in [0.3, 0.4) is 0 Å². The molecule has 0 spiro atoms. The highest BCUT2D eigenvalue weighted by atomic mass is 35.5. The molecule has 0 saturated heterocycles. The lowest BCUT2D eigenvalue weighted by molar-refractivity contribution is 0.481. The van der Waals surface area contributed by atoms with E-state index in [0.717, 1.165) is 28.6 Å². The molecular formula is C16H21ClN2O. The summed E-state index contributed by atoms with van der Waals surface area (Å²) >= 11 is 5.98. The Labute approximate surface area is 125 Å². The van der Waals surface area contributed by atoms with E-state index in [1.165, 1.54) is 0 Å². The normalized spacial score (nSPS) is 11.1. The number of alkyl halides is 1. The number of halogens is 1. The molecule has 0 amide bonds. The van der Waals surface area contributed by atoms with Crippen LogP contribution in [-0.4, -0.2) is 12.0 Å². The second kappa shape index (κ2) is 6.31. The fourth-order valence-corrected chi connectivity index (χ4v) is 2.20. The number of furan rings is 1. The molecule has 0 aliphatic heterocycles. The standard InChI is InChI=1S/C16H21ClN2O/c1-11(2)15-7-13(9-17)8-16(18-15)19(4)10-14-6-5-12(3)20-14/h5-8,11H,9-10H2,1-4H3. The second-order valence-corrected chi connectivity index (χ2v) is 5.68. The van der Waals surface area contributed by atoms with Crippen LogP contribution >= 0.6 is 11.6 Å². The summed E-state index contributed by atoms with van der Waals surface area (Å²) in [6, 6.07) is 8.09. The Morgan fingerprint density at radius 3 is 2.60 bits per heavy atom. The van der Waals surface area contributed by atoms with Crippen molar-refractivity contribution in [1.82, 2.24) is 4.98 Å². The van der Waals surface area contributed by atoms with Crippen LogP contribution in [-0.2, 0) is 12.4 Å². The van der Waals surface area contributed by atoms with Gasteiger partial charge in [-0.25, -0.2) is 4.98 Å². The van der Waals surface area contributed by atoms with Crippen molar-refractivity contribution in [3.63, 3.8) is 0 Å². The van der Waals surface area contributed by atoms with Gasteiger partial charge in [0.25, 0.3) is 0 Å². The molecule has 3 nitrogen and oxygen atoms in total. The van der Waals surface area contributed by atoms with E-state index in [4.69, 9.17) is 21.0 Å². The van der Waals surface area contributed by atoms with E-state index < -0.39 is 0 Å². The number of aromatic nitrogens is 1. The largest absolute Gasteiger partial charge is 0.464 e. The van der Waals surface area contributed by atoms with Crippen molar-refractivity contribution >= 4 is 17.4 Å². The first-order valence-corrected chi connectivity index (χ1v) is 7.36. The molecule has 0 radical (unpaired) electrons. The minimum atomic E-state index is 0.385. The lowest BCUT2D eigenvalue weighted by Gasteiger charge is -2.19. The summed E-state index contributed by atoms with van der Waals surface area (Å²) in [5.41, 5.74) is 2.17. The van der Waals surface area contributed by atoms with Gasteiger partial charge in [0.2, 0.25) is 0 Å². The summed E-state index contributed by atoms with van der Waals surface area (Å²) in [5, 5.41) is 0. The number of nitrogens with zero attached hydrogens (tertiary/aromatic N) is 2. The molecule has 2 heterocycles. The predicted octanol–water partition coefficient (Wildman–Crippen LogP) is 4.48. The fraction of sp³-hybridized carbons (Fsp3) is 0.438. The van der Waals surface area contributed by atoms with Crippen LogP contribution in [0.2, 0.25) is 0 Å². The molecule has 20 heavy (non-hydrogen) atoms. The van der Waals surface area contributed by atoms with Crippen molar-refractivity contribution in [1.29, 1.82) is 0 Å². The number of rotatable bonds is 5. The highest BCUT2D eigenvalue weighted by molar-refractivity contribution is 6.17. The maximum atomic E-state index is 5.98. The van der Waals surface area contributed by atoms with Gasteiger partial charge < -0.3 is 9.32 Å². The van der Waals surface area contributed by atoms with Gasteiger partial charge in [-0.3, -0.25) is 0 Å². The van der Waals surface area contributed by atoms with Crippen molar-refractivity contribution in [3.05, 3.63) is 47.0 Å². The van der Waals surface area contributed by atoms with Gasteiger partial charge in [-0.1, -0.05) is 13.8 Å². The Balaban J connectivity index is 2.24. The van der Waals surface area contributed by atoms with E-state index in [2.05, 4.69) is 24.8 Å². The molecule has 108 valence electrons. The smallest absolute Gasteiger partial charge is 0.129 e. The van der Waals surface area contributed by atoms with E-state index in [9.17, 15) is 0 Å². The molecule has 0 atom stereocenters. The zero-order chi connectivity index (χ0) is 14.7. The summed E-state index contributed by atoms with van der Waals surface area (Å²) < 4.78 is 5.61. The monoisotopic (exact) mass is 292 g/mol. The topological polar surface area (TPSA) is 29.3 Å². The first-order valence-electron chi connectivity index (χ1n) is 6.83. The third kappa shape index (κ3) is 3.54. The second-order valence-electron chi connectivity index (χ2n) is 5.42. The molecular weight excluding hydrogens is 272 g/mol.